The number of aryl methyl sites for hydroxylation is 1. The summed E-state index contributed by atoms with van der Waals surface area (Å²) in [6, 6.07) is 4.00. The lowest BCUT2D eigenvalue weighted by Gasteiger charge is -2.13. The molecule has 112 valence electrons. The second-order valence-corrected chi connectivity index (χ2v) is 5.11. The predicted octanol–water partition coefficient (Wildman–Crippen LogP) is 1.71. The van der Waals surface area contributed by atoms with Crippen LogP contribution in [0.5, 0.6) is 0 Å². The van der Waals surface area contributed by atoms with E-state index in [0.717, 1.165) is 29.5 Å². The van der Waals surface area contributed by atoms with Crippen LogP contribution in [0.1, 0.15) is 12.6 Å². The second-order valence-electron chi connectivity index (χ2n) is 5.11. The Labute approximate surface area is 128 Å². The van der Waals surface area contributed by atoms with Crippen LogP contribution in [0, 0.1) is 0 Å². The van der Waals surface area contributed by atoms with Gasteiger partial charge >= 0.3 is 0 Å². The Morgan fingerprint density at radius 3 is 2.68 bits per heavy atom. The molecule has 1 N–H and O–H groups in total. The van der Waals surface area contributed by atoms with Gasteiger partial charge < -0.3 is 9.88 Å². The maximum absolute atomic E-state index is 4.27. The third-order valence-electron chi connectivity index (χ3n) is 3.24. The van der Waals surface area contributed by atoms with Crippen LogP contribution < -0.4 is 5.32 Å². The summed E-state index contributed by atoms with van der Waals surface area (Å²) in [6.07, 6.45) is 9.54. The SMILES string of the molecule is C[C@H](Cc1cnccn1)Nc1ccc(-c2nccn2C)nn1. The van der Waals surface area contributed by atoms with Gasteiger partial charge in [0, 0.05) is 50.5 Å². The number of nitrogens with zero attached hydrogens (tertiary/aromatic N) is 6. The van der Waals surface area contributed by atoms with E-state index in [1.54, 1.807) is 24.8 Å². The molecule has 3 aromatic rings. The number of aromatic nitrogens is 6. The summed E-state index contributed by atoms with van der Waals surface area (Å²) in [5.74, 6) is 1.53. The second kappa shape index (κ2) is 6.30. The molecule has 0 bridgehead atoms. The van der Waals surface area contributed by atoms with Gasteiger partial charge in [0.25, 0.3) is 0 Å². The summed E-state index contributed by atoms with van der Waals surface area (Å²) >= 11 is 0. The third kappa shape index (κ3) is 3.25. The summed E-state index contributed by atoms with van der Waals surface area (Å²) in [6.45, 7) is 2.07. The molecule has 0 amide bonds. The lowest BCUT2D eigenvalue weighted by atomic mass is 10.2. The van der Waals surface area contributed by atoms with E-state index >= 15 is 0 Å². The zero-order valence-electron chi connectivity index (χ0n) is 12.5. The molecule has 0 spiro atoms. The monoisotopic (exact) mass is 295 g/mol. The van der Waals surface area contributed by atoms with Crippen molar-refractivity contribution in [1.29, 1.82) is 0 Å². The van der Waals surface area contributed by atoms with E-state index in [9.17, 15) is 0 Å². The molecule has 0 aliphatic carbocycles. The topological polar surface area (TPSA) is 81.4 Å². The van der Waals surface area contributed by atoms with Gasteiger partial charge in [0.2, 0.25) is 0 Å². The van der Waals surface area contributed by atoms with Gasteiger partial charge in [-0.2, -0.15) is 0 Å². The van der Waals surface area contributed by atoms with E-state index < -0.39 is 0 Å². The van der Waals surface area contributed by atoms with E-state index in [4.69, 9.17) is 0 Å². The molecule has 7 heteroatoms. The number of anilines is 1. The zero-order valence-corrected chi connectivity index (χ0v) is 12.5. The first-order chi connectivity index (χ1) is 10.7. The highest BCUT2D eigenvalue weighted by Gasteiger charge is 2.08. The van der Waals surface area contributed by atoms with E-state index in [2.05, 4.69) is 37.4 Å². The number of hydrogen-bond donors (Lipinski definition) is 1. The molecule has 7 nitrogen and oxygen atoms in total. The Hall–Kier alpha value is -2.83. The molecule has 0 aliphatic heterocycles. The van der Waals surface area contributed by atoms with Crippen molar-refractivity contribution in [3.05, 3.63) is 48.8 Å². The molecule has 3 aromatic heterocycles. The molecule has 0 aliphatic rings. The highest BCUT2D eigenvalue weighted by molar-refractivity contribution is 5.51. The fraction of sp³-hybridized carbons (Fsp3) is 0.267. The zero-order chi connectivity index (χ0) is 15.4. The van der Waals surface area contributed by atoms with E-state index in [0.29, 0.717) is 0 Å². The first-order valence-corrected chi connectivity index (χ1v) is 7.05. The summed E-state index contributed by atoms with van der Waals surface area (Å²) in [5, 5.41) is 11.7. The van der Waals surface area contributed by atoms with Gasteiger partial charge in [-0.15, -0.1) is 10.2 Å². The molecule has 0 radical (unpaired) electrons. The van der Waals surface area contributed by atoms with Crippen LogP contribution >= 0.6 is 0 Å². The molecule has 1 atom stereocenters. The molecular weight excluding hydrogens is 278 g/mol. The lowest BCUT2D eigenvalue weighted by Crippen LogP contribution is -2.19. The Kier molecular flexibility index (Phi) is 4.04. The minimum atomic E-state index is 0.185. The first-order valence-electron chi connectivity index (χ1n) is 7.05. The molecular formula is C15H17N7. The normalized spacial score (nSPS) is 12.1. The lowest BCUT2D eigenvalue weighted by molar-refractivity contribution is 0.756. The average molecular weight is 295 g/mol. The Morgan fingerprint density at radius 2 is 2.05 bits per heavy atom. The standard InChI is InChI=1S/C15H17N7/c1-11(9-12-10-16-5-6-17-12)19-14-4-3-13(20-21-14)15-18-7-8-22(15)2/h3-8,10-11H,9H2,1-2H3,(H,19,21)/t11-/m1/s1. The summed E-state index contributed by atoms with van der Waals surface area (Å²) in [7, 11) is 1.93. The van der Waals surface area contributed by atoms with Gasteiger partial charge in [0.05, 0.1) is 5.69 Å². The van der Waals surface area contributed by atoms with Crippen LogP contribution in [0.2, 0.25) is 0 Å². The predicted molar refractivity (Wildman–Crippen MR) is 83.1 cm³/mol. The van der Waals surface area contributed by atoms with Crippen molar-refractivity contribution in [2.75, 3.05) is 5.32 Å². The van der Waals surface area contributed by atoms with Crippen molar-refractivity contribution in [3.63, 3.8) is 0 Å². The highest BCUT2D eigenvalue weighted by atomic mass is 15.2. The molecule has 22 heavy (non-hydrogen) atoms. The summed E-state index contributed by atoms with van der Waals surface area (Å²) in [4.78, 5) is 12.6. The van der Waals surface area contributed by atoms with Gasteiger partial charge in [-0.05, 0) is 19.1 Å². The van der Waals surface area contributed by atoms with Crippen LogP contribution in [0.3, 0.4) is 0 Å². The minimum absolute atomic E-state index is 0.185. The van der Waals surface area contributed by atoms with E-state index in [-0.39, 0.29) is 6.04 Å². The van der Waals surface area contributed by atoms with E-state index in [1.165, 1.54) is 0 Å². The molecule has 0 unspecified atom stereocenters. The van der Waals surface area contributed by atoms with Crippen molar-refractivity contribution < 1.29 is 0 Å². The largest absolute Gasteiger partial charge is 0.366 e. The molecule has 3 heterocycles. The van der Waals surface area contributed by atoms with Crippen LogP contribution in [0.4, 0.5) is 5.82 Å². The maximum atomic E-state index is 4.27. The molecule has 0 saturated heterocycles. The van der Waals surface area contributed by atoms with Crippen LogP contribution in [0.25, 0.3) is 11.5 Å². The molecule has 3 rings (SSSR count). The van der Waals surface area contributed by atoms with Crippen molar-refractivity contribution in [3.8, 4) is 11.5 Å². The molecule has 0 aromatic carbocycles. The van der Waals surface area contributed by atoms with Gasteiger partial charge in [-0.1, -0.05) is 0 Å². The van der Waals surface area contributed by atoms with Gasteiger partial charge in [-0.25, -0.2) is 4.98 Å². The summed E-state index contributed by atoms with van der Waals surface area (Å²) in [5.41, 5.74) is 1.69. The third-order valence-corrected chi connectivity index (χ3v) is 3.24. The highest BCUT2D eigenvalue weighted by Crippen LogP contribution is 2.14. The van der Waals surface area contributed by atoms with Gasteiger partial charge in [-0.3, -0.25) is 9.97 Å². The van der Waals surface area contributed by atoms with Gasteiger partial charge in [0.15, 0.2) is 5.82 Å². The fourth-order valence-corrected chi connectivity index (χ4v) is 2.19. The Morgan fingerprint density at radius 1 is 1.14 bits per heavy atom. The minimum Gasteiger partial charge on any atom is -0.366 e. The quantitative estimate of drug-likeness (QED) is 0.771. The average Bonchev–Trinajstić information content (AvgIpc) is 2.95. The summed E-state index contributed by atoms with van der Waals surface area (Å²) < 4.78 is 1.91. The molecule has 0 saturated carbocycles. The first kappa shape index (κ1) is 14.1. The smallest absolute Gasteiger partial charge is 0.160 e. The van der Waals surface area contributed by atoms with Crippen molar-refractivity contribution in [2.24, 2.45) is 7.05 Å². The number of nitrogens with one attached hydrogen (secondary N) is 1. The fourth-order valence-electron chi connectivity index (χ4n) is 2.19. The Balaban J connectivity index is 1.65. The number of imidazole rings is 1. The van der Waals surface area contributed by atoms with Gasteiger partial charge in [0.1, 0.15) is 11.5 Å². The van der Waals surface area contributed by atoms with Crippen molar-refractivity contribution in [1.82, 2.24) is 29.7 Å². The number of rotatable bonds is 5. The van der Waals surface area contributed by atoms with Crippen LogP contribution in [-0.4, -0.2) is 35.8 Å². The van der Waals surface area contributed by atoms with E-state index in [1.807, 2.05) is 29.9 Å². The maximum Gasteiger partial charge on any atom is 0.160 e. The van der Waals surface area contributed by atoms with Crippen molar-refractivity contribution >= 4 is 5.82 Å². The van der Waals surface area contributed by atoms with Crippen LogP contribution in [0.15, 0.2) is 43.1 Å². The molecule has 0 fully saturated rings. The Bertz CT molecular complexity index is 721. The number of hydrogen-bond acceptors (Lipinski definition) is 6. The van der Waals surface area contributed by atoms with Crippen molar-refractivity contribution in [2.45, 2.75) is 19.4 Å². The van der Waals surface area contributed by atoms with Crippen LogP contribution in [-0.2, 0) is 13.5 Å².